The molecule has 0 fully saturated rings. The predicted octanol–water partition coefficient (Wildman–Crippen LogP) is 2.06. The molecule has 1 aliphatic heterocycles. The maximum atomic E-state index is 12.3. The van der Waals surface area contributed by atoms with Crippen molar-refractivity contribution in [3.05, 3.63) is 41.2 Å². The molecule has 0 unspecified atom stereocenters. The highest BCUT2D eigenvalue weighted by atomic mass is 16.6. The number of amides is 1. The third-order valence-corrected chi connectivity index (χ3v) is 3.59. The Morgan fingerprint density at radius 2 is 1.96 bits per heavy atom. The third-order valence-electron chi connectivity index (χ3n) is 3.59. The molecule has 0 saturated heterocycles. The fraction of sp³-hybridized carbons (Fsp3) is 0.294. The number of esters is 1. The summed E-state index contributed by atoms with van der Waals surface area (Å²) in [5, 5.41) is 2.73. The molecule has 1 aliphatic rings. The number of hydrogen-bond donors (Lipinski definition) is 2. The molecule has 0 aliphatic carbocycles. The lowest BCUT2D eigenvalue weighted by atomic mass is 10.1. The maximum Gasteiger partial charge on any atom is 0.356 e. The van der Waals surface area contributed by atoms with Gasteiger partial charge in [-0.1, -0.05) is 6.07 Å². The van der Waals surface area contributed by atoms with Gasteiger partial charge in [0.1, 0.15) is 18.9 Å². The number of fused-ring (bicyclic) bond motifs is 1. The zero-order chi connectivity index (χ0) is 17.1. The van der Waals surface area contributed by atoms with E-state index in [1.54, 1.807) is 25.1 Å². The number of aromatic nitrogens is 1. The van der Waals surface area contributed by atoms with Crippen molar-refractivity contribution in [1.82, 2.24) is 4.98 Å². The number of carbonyl (C=O) groups is 2. The van der Waals surface area contributed by atoms with E-state index in [1.807, 2.05) is 6.07 Å². The first-order chi connectivity index (χ1) is 11.6. The van der Waals surface area contributed by atoms with E-state index in [9.17, 15) is 9.59 Å². The summed E-state index contributed by atoms with van der Waals surface area (Å²) in [4.78, 5) is 26.9. The van der Waals surface area contributed by atoms with Crippen molar-refractivity contribution in [2.75, 3.05) is 25.6 Å². The molecule has 7 nitrogen and oxygen atoms in total. The van der Waals surface area contributed by atoms with Crippen LogP contribution in [-0.2, 0) is 16.0 Å². The number of nitrogens with one attached hydrogen (secondary N) is 2. The molecule has 3 rings (SSSR count). The van der Waals surface area contributed by atoms with Crippen LogP contribution >= 0.6 is 0 Å². The molecule has 7 heteroatoms. The van der Waals surface area contributed by atoms with Crippen LogP contribution in [0.25, 0.3) is 0 Å². The van der Waals surface area contributed by atoms with Crippen LogP contribution < -0.4 is 14.8 Å². The molecule has 0 saturated carbocycles. The molecule has 126 valence electrons. The Balaban J connectivity index is 1.71. The van der Waals surface area contributed by atoms with Gasteiger partial charge in [-0.25, -0.2) is 4.79 Å². The van der Waals surface area contributed by atoms with Crippen LogP contribution in [0.2, 0.25) is 0 Å². The number of methoxy groups -OCH3 is 1. The van der Waals surface area contributed by atoms with E-state index in [0.717, 1.165) is 11.3 Å². The van der Waals surface area contributed by atoms with Crippen molar-refractivity contribution in [3.63, 3.8) is 0 Å². The quantitative estimate of drug-likeness (QED) is 0.838. The van der Waals surface area contributed by atoms with E-state index in [1.165, 1.54) is 7.11 Å². The van der Waals surface area contributed by atoms with Crippen LogP contribution in [0.5, 0.6) is 11.5 Å². The number of hydrogen-bond acceptors (Lipinski definition) is 5. The second kappa shape index (κ2) is 6.66. The third kappa shape index (κ3) is 3.34. The van der Waals surface area contributed by atoms with Crippen LogP contribution in [-0.4, -0.2) is 37.2 Å². The van der Waals surface area contributed by atoms with Gasteiger partial charge in [-0.3, -0.25) is 4.79 Å². The summed E-state index contributed by atoms with van der Waals surface area (Å²) in [7, 11) is 1.29. The Labute approximate surface area is 138 Å². The molecular weight excluding hydrogens is 312 g/mol. The predicted molar refractivity (Wildman–Crippen MR) is 86.6 cm³/mol. The number of anilines is 1. The van der Waals surface area contributed by atoms with Gasteiger partial charge >= 0.3 is 5.97 Å². The molecule has 24 heavy (non-hydrogen) atoms. The largest absolute Gasteiger partial charge is 0.486 e. The van der Waals surface area contributed by atoms with Crippen molar-refractivity contribution in [2.45, 2.75) is 13.3 Å². The number of carbonyl (C=O) groups excluding carboxylic acids is 2. The minimum Gasteiger partial charge on any atom is -0.486 e. The van der Waals surface area contributed by atoms with Crippen LogP contribution in [0.3, 0.4) is 0 Å². The van der Waals surface area contributed by atoms with Gasteiger partial charge in [-0.05, 0) is 30.7 Å². The molecule has 1 aromatic carbocycles. The van der Waals surface area contributed by atoms with E-state index in [-0.39, 0.29) is 18.0 Å². The van der Waals surface area contributed by atoms with Crippen LogP contribution in [0.1, 0.15) is 21.7 Å². The minimum absolute atomic E-state index is 0.154. The van der Waals surface area contributed by atoms with Crippen molar-refractivity contribution >= 4 is 17.6 Å². The molecule has 2 N–H and O–H groups in total. The first-order valence-electron chi connectivity index (χ1n) is 7.53. The van der Waals surface area contributed by atoms with Crippen molar-refractivity contribution in [3.8, 4) is 11.5 Å². The van der Waals surface area contributed by atoms with Crippen LogP contribution in [0.4, 0.5) is 5.69 Å². The Hall–Kier alpha value is -2.96. The molecule has 2 aromatic rings. The van der Waals surface area contributed by atoms with Gasteiger partial charge in [0.2, 0.25) is 5.91 Å². The summed E-state index contributed by atoms with van der Waals surface area (Å²) in [5.41, 5.74) is 2.18. The number of rotatable bonds is 4. The smallest absolute Gasteiger partial charge is 0.356 e. The SMILES string of the molecule is COC(=O)c1[nH]c(C)cc1NC(=O)Cc1ccc2c(c1)OCCO2. The van der Waals surface area contributed by atoms with E-state index < -0.39 is 5.97 Å². The number of benzene rings is 1. The van der Waals surface area contributed by atoms with Crippen LogP contribution in [0.15, 0.2) is 24.3 Å². The molecule has 0 bridgehead atoms. The standard InChI is InChI=1S/C17H18N2O5/c1-10-7-12(16(18-10)17(21)22-2)19-15(20)9-11-3-4-13-14(8-11)24-6-5-23-13/h3-4,7-8,18H,5-6,9H2,1-2H3,(H,19,20). The highest BCUT2D eigenvalue weighted by Crippen LogP contribution is 2.31. The topological polar surface area (TPSA) is 89.7 Å². The van der Waals surface area contributed by atoms with E-state index in [2.05, 4.69) is 10.3 Å². The van der Waals surface area contributed by atoms with Crippen molar-refractivity contribution in [2.24, 2.45) is 0 Å². The lowest BCUT2D eigenvalue weighted by Gasteiger charge is -2.18. The molecule has 2 heterocycles. The zero-order valence-electron chi connectivity index (χ0n) is 13.5. The average Bonchev–Trinajstić information content (AvgIpc) is 2.94. The lowest BCUT2D eigenvalue weighted by Crippen LogP contribution is -2.18. The van der Waals surface area contributed by atoms with Gasteiger partial charge in [0.25, 0.3) is 0 Å². The summed E-state index contributed by atoms with van der Waals surface area (Å²) in [6.45, 7) is 2.81. The normalized spacial score (nSPS) is 12.6. The summed E-state index contributed by atoms with van der Waals surface area (Å²) >= 11 is 0. The van der Waals surface area contributed by atoms with Gasteiger partial charge in [0, 0.05) is 5.69 Å². The molecular formula is C17H18N2O5. The number of aryl methyl sites for hydroxylation is 1. The van der Waals surface area contributed by atoms with Crippen molar-refractivity contribution in [1.29, 1.82) is 0 Å². The van der Waals surface area contributed by atoms with E-state index in [0.29, 0.717) is 30.4 Å². The first-order valence-corrected chi connectivity index (χ1v) is 7.53. The molecule has 0 spiro atoms. The number of aromatic amines is 1. The lowest BCUT2D eigenvalue weighted by molar-refractivity contribution is -0.115. The van der Waals surface area contributed by atoms with Crippen LogP contribution in [0, 0.1) is 6.92 Å². The fourth-order valence-corrected chi connectivity index (χ4v) is 2.53. The number of ether oxygens (including phenoxy) is 3. The molecule has 1 aromatic heterocycles. The average molecular weight is 330 g/mol. The highest BCUT2D eigenvalue weighted by Gasteiger charge is 2.18. The number of H-pyrrole nitrogens is 1. The van der Waals surface area contributed by atoms with Gasteiger partial charge in [0.15, 0.2) is 11.5 Å². The molecule has 1 amide bonds. The maximum absolute atomic E-state index is 12.3. The zero-order valence-corrected chi connectivity index (χ0v) is 13.5. The van der Waals surface area contributed by atoms with Gasteiger partial charge in [-0.2, -0.15) is 0 Å². The molecule has 0 atom stereocenters. The van der Waals surface area contributed by atoms with Gasteiger partial charge < -0.3 is 24.5 Å². The van der Waals surface area contributed by atoms with Gasteiger partial charge in [-0.15, -0.1) is 0 Å². The minimum atomic E-state index is -0.530. The summed E-state index contributed by atoms with van der Waals surface area (Å²) in [6, 6.07) is 7.08. The van der Waals surface area contributed by atoms with Crippen molar-refractivity contribution < 1.29 is 23.8 Å². The second-order valence-electron chi connectivity index (χ2n) is 5.44. The monoisotopic (exact) mass is 330 g/mol. The first kappa shape index (κ1) is 15.9. The Bertz CT molecular complexity index is 781. The fourth-order valence-electron chi connectivity index (χ4n) is 2.53. The van der Waals surface area contributed by atoms with E-state index >= 15 is 0 Å². The van der Waals surface area contributed by atoms with E-state index in [4.69, 9.17) is 14.2 Å². The Morgan fingerprint density at radius 1 is 1.21 bits per heavy atom. The molecule has 0 radical (unpaired) electrons. The highest BCUT2D eigenvalue weighted by molar-refractivity contribution is 6.00. The summed E-state index contributed by atoms with van der Waals surface area (Å²) in [6.07, 6.45) is 0.154. The Morgan fingerprint density at radius 3 is 2.71 bits per heavy atom. The second-order valence-corrected chi connectivity index (χ2v) is 5.44. The van der Waals surface area contributed by atoms with Gasteiger partial charge in [0.05, 0.1) is 19.2 Å². The summed E-state index contributed by atoms with van der Waals surface area (Å²) in [5.74, 6) is 0.549. The Kier molecular flexibility index (Phi) is 4.41. The summed E-state index contributed by atoms with van der Waals surface area (Å²) < 4.78 is 15.7.